The molecule has 0 atom stereocenters. The number of hydrogen-bond donors (Lipinski definition) is 0. The minimum absolute atomic E-state index is 0.0700. The van der Waals surface area contributed by atoms with E-state index in [0.717, 1.165) is 13.6 Å². The van der Waals surface area contributed by atoms with Crippen LogP contribution in [0.15, 0.2) is 45.5 Å². The van der Waals surface area contributed by atoms with Gasteiger partial charge in [-0.1, -0.05) is 15.9 Å². The molecule has 0 saturated carbocycles. The van der Waals surface area contributed by atoms with Crippen LogP contribution in [0.25, 0.3) is 0 Å². The fraction of sp³-hybridized carbons (Fsp3) is 0.0833. The van der Waals surface area contributed by atoms with Gasteiger partial charge in [0.1, 0.15) is 5.76 Å². The van der Waals surface area contributed by atoms with Crippen LogP contribution in [0.3, 0.4) is 0 Å². The van der Waals surface area contributed by atoms with Crippen LogP contribution in [0, 0.1) is 3.57 Å². The Morgan fingerprint density at radius 2 is 2.19 bits per heavy atom. The molecule has 2 aromatic rings. The average Bonchev–Trinajstić information content (AvgIpc) is 2.74. The Labute approximate surface area is 115 Å². The zero-order valence-corrected chi connectivity index (χ0v) is 12.0. The quantitative estimate of drug-likeness (QED) is 0.584. The molecule has 0 aliphatic heterocycles. The number of rotatable bonds is 3. The van der Waals surface area contributed by atoms with Gasteiger partial charge < -0.3 is 4.42 Å². The van der Waals surface area contributed by atoms with Gasteiger partial charge in [0.2, 0.25) is 0 Å². The monoisotopic (exact) mass is 390 g/mol. The molecule has 16 heavy (non-hydrogen) atoms. The normalized spacial score (nSPS) is 10.4. The van der Waals surface area contributed by atoms with E-state index in [1.807, 2.05) is 24.3 Å². The molecule has 1 aromatic carbocycles. The fourth-order valence-corrected chi connectivity index (χ4v) is 2.38. The molecular weight excluding hydrogens is 383 g/mol. The molecule has 1 aromatic heterocycles. The average molecular weight is 391 g/mol. The molecule has 0 bridgehead atoms. The Bertz CT molecular complexity index is 506. The van der Waals surface area contributed by atoms with Crippen molar-refractivity contribution in [2.75, 3.05) is 0 Å². The van der Waals surface area contributed by atoms with Gasteiger partial charge in [-0.05, 0) is 52.9 Å². The lowest BCUT2D eigenvalue weighted by atomic mass is 10.1. The van der Waals surface area contributed by atoms with Crippen LogP contribution in [-0.2, 0) is 6.42 Å². The van der Waals surface area contributed by atoms with E-state index in [9.17, 15) is 4.79 Å². The third-order valence-corrected chi connectivity index (χ3v) is 3.58. The van der Waals surface area contributed by atoms with E-state index < -0.39 is 0 Å². The van der Waals surface area contributed by atoms with Gasteiger partial charge in [0.05, 0.1) is 12.7 Å². The first-order chi connectivity index (χ1) is 7.66. The summed E-state index contributed by atoms with van der Waals surface area (Å²) in [6.45, 7) is 0. The van der Waals surface area contributed by atoms with Gasteiger partial charge in [0.25, 0.3) is 0 Å². The van der Waals surface area contributed by atoms with Crippen molar-refractivity contribution in [3.63, 3.8) is 0 Å². The molecule has 82 valence electrons. The van der Waals surface area contributed by atoms with Crippen molar-refractivity contribution in [2.24, 2.45) is 0 Å². The molecule has 1 heterocycles. The molecule has 0 fully saturated rings. The summed E-state index contributed by atoms with van der Waals surface area (Å²) in [7, 11) is 0. The van der Waals surface area contributed by atoms with Crippen LogP contribution in [0.2, 0.25) is 0 Å². The van der Waals surface area contributed by atoms with Gasteiger partial charge in [0.15, 0.2) is 5.78 Å². The summed E-state index contributed by atoms with van der Waals surface area (Å²) in [5.41, 5.74) is 0.728. The number of benzene rings is 1. The van der Waals surface area contributed by atoms with Gasteiger partial charge in [-0.15, -0.1) is 0 Å². The smallest absolute Gasteiger partial charge is 0.171 e. The number of furan rings is 1. The van der Waals surface area contributed by atoms with Crippen LogP contribution in [0.1, 0.15) is 16.1 Å². The summed E-state index contributed by atoms with van der Waals surface area (Å²) in [6.07, 6.45) is 1.88. The first kappa shape index (κ1) is 11.9. The minimum atomic E-state index is 0.0700. The molecule has 2 nitrogen and oxygen atoms in total. The zero-order valence-electron chi connectivity index (χ0n) is 8.24. The predicted octanol–water partition coefficient (Wildman–Crippen LogP) is 4.07. The van der Waals surface area contributed by atoms with E-state index in [4.69, 9.17) is 4.42 Å². The van der Waals surface area contributed by atoms with Crippen molar-refractivity contribution in [2.45, 2.75) is 6.42 Å². The summed E-state index contributed by atoms with van der Waals surface area (Å²) < 4.78 is 7.03. The SMILES string of the molecule is O=C(Cc1ccco1)c1cc(Br)ccc1I. The molecule has 0 unspecified atom stereocenters. The first-order valence-electron chi connectivity index (χ1n) is 4.67. The second-order valence-electron chi connectivity index (χ2n) is 3.30. The zero-order chi connectivity index (χ0) is 11.5. The van der Waals surface area contributed by atoms with Crippen molar-refractivity contribution in [3.8, 4) is 0 Å². The first-order valence-corrected chi connectivity index (χ1v) is 6.54. The molecule has 0 N–H and O–H groups in total. The largest absolute Gasteiger partial charge is 0.469 e. The molecule has 0 radical (unpaired) electrons. The van der Waals surface area contributed by atoms with Gasteiger partial charge in [-0.3, -0.25) is 4.79 Å². The molecule has 0 spiro atoms. The maximum atomic E-state index is 12.0. The molecule has 2 rings (SSSR count). The van der Waals surface area contributed by atoms with Crippen molar-refractivity contribution >= 4 is 44.3 Å². The lowest BCUT2D eigenvalue weighted by molar-refractivity contribution is 0.0986. The number of ketones is 1. The van der Waals surface area contributed by atoms with Crippen LogP contribution < -0.4 is 0 Å². The van der Waals surface area contributed by atoms with Gasteiger partial charge in [-0.2, -0.15) is 0 Å². The standard InChI is InChI=1S/C12H8BrIO2/c13-8-3-4-11(14)10(6-8)12(15)7-9-2-1-5-16-9/h1-6H,7H2. The summed E-state index contributed by atoms with van der Waals surface area (Å²) >= 11 is 5.52. The number of halogens is 2. The third kappa shape index (κ3) is 2.74. The topological polar surface area (TPSA) is 30.2 Å². The lowest BCUT2D eigenvalue weighted by Gasteiger charge is -2.03. The highest BCUT2D eigenvalue weighted by atomic mass is 127. The Morgan fingerprint density at radius 1 is 1.38 bits per heavy atom. The van der Waals surface area contributed by atoms with Crippen LogP contribution in [-0.4, -0.2) is 5.78 Å². The summed E-state index contributed by atoms with van der Waals surface area (Å²) in [4.78, 5) is 12.0. The van der Waals surface area contributed by atoms with Gasteiger partial charge >= 0.3 is 0 Å². The number of Topliss-reactive ketones (excluding diaryl/α,β-unsaturated/α-hetero) is 1. The fourth-order valence-electron chi connectivity index (χ4n) is 1.38. The maximum Gasteiger partial charge on any atom is 0.171 e. The highest BCUT2D eigenvalue weighted by molar-refractivity contribution is 14.1. The Morgan fingerprint density at radius 3 is 2.88 bits per heavy atom. The number of hydrogen-bond acceptors (Lipinski definition) is 2. The molecule has 0 amide bonds. The summed E-state index contributed by atoms with van der Waals surface area (Å²) in [5, 5.41) is 0. The van der Waals surface area contributed by atoms with Crippen molar-refractivity contribution in [1.29, 1.82) is 0 Å². The van der Waals surface area contributed by atoms with E-state index in [1.54, 1.807) is 12.3 Å². The van der Waals surface area contributed by atoms with E-state index in [1.165, 1.54) is 0 Å². The van der Waals surface area contributed by atoms with Crippen LogP contribution in [0.5, 0.6) is 0 Å². The lowest BCUT2D eigenvalue weighted by Crippen LogP contribution is -2.05. The highest BCUT2D eigenvalue weighted by Crippen LogP contribution is 2.20. The van der Waals surface area contributed by atoms with E-state index >= 15 is 0 Å². The number of carbonyl (C=O) groups is 1. The third-order valence-electron chi connectivity index (χ3n) is 2.14. The van der Waals surface area contributed by atoms with Crippen LogP contribution >= 0.6 is 38.5 Å². The van der Waals surface area contributed by atoms with E-state index in [0.29, 0.717) is 12.2 Å². The summed E-state index contributed by atoms with van der Waals surface area (Å²) in [5.74, 6) is 0.765. The molecule has 4 heteroatoms. The molecule has 0 aliphatic rings. The van der Waals surface area contributed by atoms with E-state index in [2.05, 4.69) is 38.5 Å². The molecular formula is C12H8BrIO2. The van der Waals surface area contributed by atoms with Crippen LogP contribution in [0.4, 0.5) is 0 Å². The van der Waals surface area contributed by atoms with Crippen molar-refractivity contribution < 1.29 is 9.21 Å². The highest BCUT2D eigenvalue weighted by Gasteiger charge is 2.12. The van der Waals surface area contributed by atoms with Gasteiger partial charge in [-0.25, -0.2) is 0 Å². The van der Waals surface area contributed by atoms with Crippen molar-refractivity contribution in [1.82, 2.24) is 0 Å². The maximum absolute atomic E-state index is 12.0. The Hall–Kier alpha value is -0.620. The second kappa shape index (κ2) is 5.14. The number of carbonyl (C=O) groups excluding carboxylic acids is 1. The van der Waals surface area contributed by atoms with Gasteiger partial charge in [0, 0.05) is 13.6 Å². The Balaban J connectivity index is 2.24. The minimum Gasteiger partial charge on any atom is -0.469 e. The summed E-state index contributed by atoms with van der Waals surface area (Å²) in [6, 6.07) is 9.27. The van der Waals surface area contributed by atoms with Crippen molar-refractivity contribution in [3.05, 3.63) is 56.0 Å². The molecule has 0 aliphatic carbocycles. The Kier molecular flexibility index (Phi) is 3.81. The molecule has 0 saturated heterocycles. The van der Waals surface area contributed by atoms with E-state index in [-0.39, 0.29) is 5.78 Å². The predicted molar refractivity (Wildman–Crippen MR) is 73.6 cm³/mol. The second-order valence-corrected chi connectivity index (χ2v) is 5.38.